The predicted octanol–water partition coefficient (Wildman–Crippen LogP) is 3.12. The molecule has 73 valence electrons. The lowest BCUT2D eigenvalue weighted by Gasteiger charge is -2.03. The van der Waals surface area contributed by atoms with Crippen LogP contribution < -0.4 is 0 Å². The quantitative estimate of drug-likeness (QED) is 0.514. The summed E-state index contributed by atoms with van der Waals surface area (Å²) >= 11 is 0. The van der Waals surface area contributed by atoms with Gasteiger partial charge in [0.25, 0.3) is 0 Å². The molecule has 0 aliphatic carbocycles. The van der Waals surface area contributed by atoms with E-state index >= 15 is 0 Å². The molecule has 1 aromatic rings. The molecule has 1 aromatic carbocycles. The van der Waals surface area contributed by atoms with Crippen molar-refractivity contribution in [3.05, 3.63) is 42.0 Å². The van der Waals surface area contributed by atoms with Crippen LogP contribution in [0.25, 0.3) is 6.08 Å². The van der Waals surface area contributed by atoms with Gasteiger partial charge in [-0.2, -0.15) is 0 Å². The van der Waals surface area contributed by atoms with Gasteiger partial charge < -0.3 is 4.84 Å². The van der Waals surface area contributed by atoms with E-state index in [1.165, 1.54) is 0 Å². The molecule has 0 heterocycles. The molecule has 2 nitrogen and oxygen atoms in total. The van der Waals surface area contributed by atoms with Crippen molar-refractivity contribution in [2.24, 2.45) is 5.16 Å². The van der Waals surface area contributed by atoms with E-state index in [2.05, 4.69) is 17.9 Å². The third-order valence-electron chi connectivity index (χ3n) is 1.78. The molecule has 1 radical (unpaired) electrons. The maximum atomic E-state index is 5.07. The third kappa shape index (κ3) is 3.05. The Kier molecular flexibility index (Phi) is 4.48. The molecule has 0 saturated heterocycles. The number of hydrogen-bond acceptors (Lipinski definition) is 2. The first kappa shape index (κ1) is 10.5. The normalized spacial score (nSPS) is 10.4. The lowest BCUT2D eigenvalue weighted by Crippen LogP contribution is -1.90. The van der Waals surface area contributed by atoms with Crippen molar-refractivity contribution in [3.63, 3.8) is 0 Å². The predicted molar refractivity (Wildman–Crippen MR) is 59.0 cm³/mol. The molecule has 0 bridgehead atoms. The van der Waals surface area contributed by atoms with Crippen molar-refractivity contribution in [3.8, 4) is 0 Å². The van der Waals surface area contributed by atoms with Gasteiger partial charge in [-0.25, -0.2) is 0 Å². The zero-order valence-corrected chi connectivity index (χ0v) is 8.36. The van der Waals surface area contributed by atoms with Crippen LogP contribution in [0.4, 0.5) is 0 Å². The van der Waals surface area contributed by atoms with Gasteiger partial charge in [-0.15, -0.1) is 0 Å². The molecule has 0 N–H and O–H groups in total. The summed E-state index contributed by atoms with van der Waals surface area (Å²) < 4.78 is 0. The minimum absolute atomic E-state index is 0.467. The highest BCUT2D eigenvalue weighted by Gasteiger charge is 1.97. The average molecular weight is 188 g/mol. The van der Waals surface area contributed by atoms with Crippen LogP contribution in [0.1, 0.15) is 24.5 Å². The first-order valence-electron chi connectivity index (χ1n) is 4.63. The summed E-state index contributed by atoms with van der Waals surface area (Å²) in [7, 11) is 0. The Balaban J connectivity index is 2.57. The van der Waals surface area contributed by atoms with Gasteiger partial charge in [0.2, 0.25) is 0 Å². The fourth-order valence-electron chi connectivity index (χ4n) is 1.08. The smallest absolute Gasteiger partial charge is 0.142 e. The third-order valence-corrected chi connectivity index (χ3v) is 1.78. The Morgan fingerprint density at radius 1 is 1.50 bits per heavy atom. The second-order valence-corrected chi connectivity index (χ2v) is 2.78. The maximum Gasteiger partial charge on any atom is 0.142 e. The number of benzene rings is 1. The van der Waals surface area contributed by atoms with Crippen LogP contribution >= 0.6 is 0 Å². The first-order valence-corrected chi connectivity index (χ1v) is 4.63. The van der Waals surface area contributed by atoms with Gasteiger partial charge in [0, 0.05) is 0 Å². The monoisotopic (exact) mass is 188 g/mol. The number of hydrogen-bond donors (Lipinski definition) is 0. The number of nitrogens with zero attached hydrogens (tertiary/aromatic N) is 1. The molecule has 0 aliphatic rings. The highest BCUT2D eigenvalue weighted by atomic mass is 16.6. The standard InChI is InChI=1S/C12H14NO/c1-3-9-13-14-10-12-8-6-5-7-11(12)4-2/h4-8H,2-3,10H2,1H3. The zero-order chi connectivity index (χ0) is 10.2. The van der Waals surface area contributed by atoms with Gasteiger partial charge in [-0.1, -0.05) is 49.0 Å². The molecule has 1 rings (SSSR count). The highest BCUT2D eigenvalue weighted by molar-refractivity contribution is 5.55. The molecular formula is C12H14NO. The van der Waals surface area contributed by atoms with Crippen molar-refractivity contribution >= 4 is 12.3 Å². The van der Waals surface area contributed by atoms with Crippen LogP contribution in [-0.2, 0) is 11.4 Å². The summed E-state index contributed by atoms with van der Waals surface area (Å²) in [6.07, 6.45) is 5.31. The molecule has 14 heavy (non-hydrogen) atoms. The van der Waals surface area contributed by atoms with Crippen molar-refractivity contribution in [1.29, 1.82) is 0 Å². The summed E-state index contributed by atoms with van der Waals surface area (Å²) in [5.41, 5.74) is 2.17. The fourth-order valence-corrected chi connectivity index (χ4v) is 1.08. The summed E-state index contributed by atoms with van der Waals surface area (Å²) in [4.78, 5) is 5.07. The molecule has 0 aromatic heterocycles. The number of rotatable bonds is 5. The minimum atomic E-state index is 0.467. The van der Waals surface area contributed by atoms with Gasteiger partial charge in [0.15, 0.2) is 0 Å². The second kappa shape index (κ2) is 5.97. The summed E-state index contributed by atoms with van der Waals surface area (Å²) in [6, 6.07) is 7.94. The van der Waals surface area contributed by atoms with Crippen molar-refractivity contribution in [2.75, 3.05) is 0 Å². The van der Waals surface area contributed by atoms with Gasteiger partial charge in [-0.05, 0) is 17.5 Å². The lowest BCUT2D eigenvalue weighted by molar-refractivity contribution is 0.131. The molecule has 0 saturated carbocycles. The Morgan fingerprint density at radius 2 is 2.29 bits per heavy atom. The van der Waals surface area contributed by atoms with E-state index in [0.29, 0.717) is 6.61 Å². The van der Waals surface area contributed by atoms with Crippen LogP contribution in [0, 0.1) is 0 Å². The van der Waals surface area contributed by atoms with Crippen LogP contribution in [0.15, 0.2) is 36.0 Å². The lowest BCUT2D eigenvalue weighted by atomic mass is 10.1. The van der Waals surface area contributed by atoms with Gasteiger partial charge in [-0.3, -0.25) is 0 Å². The molecule has 0 atom stereocenters. The van der Waals surface area contributed by atoms with Crippen LogP contribution in [-0.4, -0.2) is 6.21 Å². The summed E-state index contributed by atoms with van der Waals surface area (Å²) in [6.45, 7) is 6.16. The topological polar surface area (TPSA) is 21.6 Å². The largest absolute Gasteiger partial charge is 0.391 e. The second-order valence-electron chi connectivity index (χ2n) is 2.78. The van der Waals surface area contributed by atoms with Crippen molar-refractivity contribution < 1.29 is 4.84 Å². The van der Waals surface area contributed by atoms with Crippen LogP contribution in [0.3, 0.4) is 0 Å². The molecule has 2 heteroatoms. The Morgan fingerprint density at radius 3 is 3.00 bits per heavy atom. The van der Waals surface area contributed by atoms with Gasteiger partial charge in [0.05, 0.1) is 0 Å². The first-order chi connectivity index (χ1) is 6.88. The van der Waals surface area contributed by atoms with E-state index in [4.69, 9.17) is 4.84 Å². The van der Waals surface area contributed by atoms with E-state index in [1.807, 2.05) is 37.3 Å². The van der Waals surface area contributed by atoms with E-state index in [-0.39, 0.29) is 0 Å². The van der Waals surface area contributed by atoms with Crippen molar-refractivity contribution in [2.45, 2.75) is 20.0 Å². The van der Waals surface area contributed by atoms with Gasteiger partial charge >= 0.3 is 0 Å². The van der Waals surface area contributed by atoms with E-state index < -0.39 is 0 Å². The molecule has 0 aliphatic heterocycles. The SMILES string of the molecule is C=Cc1ccccc1CO/N=[C]\CC. The minimum Gasteiger partial charge on any atom is -0.391 e. The molecule has 0 fully saturated rings. The maximum absolute atomic E-state index is 5.07. The average Bonchev–Trinajstić information content (AvgIpc) is 2.25. The van der Waals surface area contributed by atoms with Crippen molar-refractivity contribution in [1.82, 2.24) is 0 Å². The zero-order valence-electron chi connectivity index (χ0n) is 8.36. The van der Waals surface area contributed by atoms with Crippen LogP contribution in [0.2, 0.25) is 0 Å². The summed E-state index contributed by atoms with van der Waals surface area (Å²) in [5.74, 6) is 0. The fraction of sp³-hybridized carbons (Fsp3) is 0.250. The molecular weight excluding hydrogens is 174 g/mol. The molecule has 0 unspecified atom stereocenters. The van der Waals surface area contributed by atoms with Gasteiger partial charge in [0.1, 0.15) is 12.8 Å². The Labute approximate surface area is 84.9 Å². The highest BCUT2D eigenvalue weighted by Crippen LogP contribution is 2.10. The van der Waals surface area contributed by atoms with E-state index in [1.54, 1.807) is 0 Å². The van der Waals surface area contributed by atoms with E-state index in [9.17, 15) is 0 Å². The summed E-state index contributed by atoms with van der Waals surface area (Å²) in [5, 5.41) is 3.68. The van der Waals surface area contributed by atoms with E-state index in [0.717, 1.165) is 17.5 Å². The Hall–Kier alpha value is -1.57. The molecule has 0 amide bonds. The van der Waals surface area contributed by atoms with Crippen LogP contribution in [0.5, 0.6) is 0 Å². The molecule has 0 spiro atoms. The Bertz CT molecular complexity index is 318.